The number of carboxylic acids is 1. The number of carbonyl (C=O) groups excluding carboxylic acids is 1. The van der Waals surface area contributed by atoms with E-state index >= 15 is 0 Å². The molecule has 120 valence electrons. The van der Waals surface area contributed by atoms with Crippen LogP contribution in [0.2, 0.25) is 0 Å². The van der Waals surface area contributed by atoms with Crippen LogP contribution in [0.4, 0.5) is 4.39 Å². The Morgan fingerprint density at radius 1 is 1.50 bits per heavy atom. The third-order valence-electron chi connectivity index (χ3n) is 3.45. The van der Waals surface area contributed by atoms with Crippen molar-refractivity contribution in [2.75, 3.05) is 13.2 Å². The average molecular weight is 374 g/mol. The van der Waals surface area contributed by atoms with Gasteiger partial charge in [0.15, 0.2) is 6.61 Å². The van der Waals surface area contributed by atoms with Gasteiger partial charge in [0.25, 0.3) is 5.91 Å². The van der Waals surface area contributed by atoms with Crippen molar-refractivity contribution in [2.45, 2.75) is 25.8 Å². The Morgan fingerprint density at radius 3 is 2.73 bits per heavy atom. The van der Waals surface area contributed by atoms with Crippen molar-refractivity contribution < 1.29 is 23.8 Å². The molecule has 0 aliphatic heterocycles. The molecule has 1 unspecified atom stereocenters. The van der Waals surface area contributed by atoms with Crippen LogP contribution >= 0.6 is 15.9 Å². The first-order valence-electron chi connectivity index (χ1n) is 6.98. The Bertz CT molecular complexity index is 577. The van der Waals surface area contributed by atoms with E-state index in [-0.39, 0.29) is 25.1 Å². The predicted molar refractivity (Wildman–Crippen MR) is 81.1 cm³/mol. The maximum Gasteiger partial charge on any atom is 0.308 e. The summed E-state index contributed by atoms with van der Waals surface area (Å²) in [7, 11) is 0. The van der Waals surface area contributed by atoms with Crippen LogP contribution in [-0.4, -0.2) is 41.1 Å². The van der Waals surface area contributed by atoms with Crippen LogP contribution in [-0.2, 0) is 9.59 Å². The van der Waals surface area contributed by atoms with E-state index in [4.69, 9.17) is 9.84 Å². The molecule has 1 aromatic carbocycles. The highest BCUT2D eigenvalue weighted by Gasteiger charge is 2.34. The quantitative estimate of drug-likeness (QED) is 0.797. The summed E-state index contributed by atoms with van der Waals surface area (Å²) < 4.78 is 18.8. The minimum Gasteiger partial charge on any atom is -0.483 e. The standard InChI is InChI=1S/C15H17BrFNO4/c1-9(15(20)21)7-18(11-3-4-11)14(19)8-22-13-5-2-10(17)6-12(13)16/h2,5-6,9,11H,3-4,7-8H2,1H3,(H,20,21). The summed E-state index contributed by atoms with van der Waals surface area (Å²) in [6, 6.07) is 4.05. The summed E-state index contributed by atoms with van der Waals surface area (Å²) in [5.41, 5.74) is 0. The summed E-state index contributed by atoms with van der Waals surface area (Å²) in [6.07, 6.45) is 1.77. The van der Waals surface area contributed by atoms with Crippen LogP contribution in [0.3, 0.4) is 0 Å². The second kappa shape index (κ2) is 7.09. The zero-order valence-electron chi connectivity index (χ0n) is 12.1. The van der Waals surface area contributed by atoms with Gasteiger partial charge in [0.1, 0.15) is 11.6 Å². The lowest BCUT2D eigenvalue weighted by Crippen LogP contribution is -2.41. The number of halogens is 2. The van der Waals surface area contributed by atoms with Crippen molar-refractivity contribution in [3.63, 3.8) is 0 Å². The molecular weight excluding hydrogens is 357 g/mol. The Labute approximate surface area is 136 Å². The maximum absolute atomic E-state index is 13.0. The number of nitrogens with zero attached hydrogens (tertiary/aromatic N) is 1. The van der Waals surface area contributed by atoms with Gasteiger partial charge in [0.05, 0.1) is 10.4 Å². The number of carboxylic acid groups (broad SMARTS) is 1. The van der Waals surface area contributed by atoms with Crippen molar-refractivity contribution in [1.29, 1.82) is 0 Å². The molecule has 1 aliphatic carbocycles. The highest BCUT2D eigenvalue weighted by atomic mass is 79.9. The lowest BCUT2D eigenvalue weighted by atomic mass is 10.1. The summed E-state index contributed by atoms with van der Waals surface area (Å²) in [4.78, 5) is 24.8. The fourth-order valence-corrected chi connectivity index (χ4v) is 2.49. The van der Waals surface area contributed by atoms with Crippen LogP contribution < -0.4 is 4.74 Å². The average Bonchev–Trinajstić information content (AvgIpc) is 3.27. The molecule has 5 nitrogen and oxygen atoms in total. The van der Waals surface area contributed by atoms with Crippen LogP contribution in [0.1, 0.15) is 19.8 Å². The van der Waals surface area contributed by atoms with Crippen molar-refractivity contribution in [1.82, 2.24) is 4.90 Å². The van der Waals surface area contributed by atoms with Crippen LogP contribution in [0.5, 0.6) is 5.75 Å². The minimum atomic E-state index is -0.930. The van der Waals surface area contributed by atoms with Gasteiger partial charge in [-0.25, -0.2) is 4.39 Å². The highest BCUT2D eigenvalue weighted by Crippen LogP contribution is 2.29. The van der Waals surface area contributed by atoms with E-state index < -0.39 is 17.7 Å². The first-order valence-corrected chi connectivity index (χ1v) is 7.78. The van der Waals surface area contributed by atoms with Gasteiger partial charge in [-0.1, -0.05) is 6.92 Å². The second-order valence-electron chi connectivity index (χ2n) is 5.38. The van der Waals surface area contributed by atoms with Gasteiger partial charge in [0, 0.05) is 12.6 Å². The summed E-state index contributed by atoms with van der Waals surface area (Å²) in [5.74, 6) is -1.84. The van der Waals surface area contributed by atoms with Crippen LogP contribution in [0, 0.1) is 11.7 Å². The van der Waals surface area contributed by atoms with Gasteiger partial charge in [0.2, 0.25) is 0 Å². The molecule has 1 fully saturated rings. The van der Waals surface area contributed by atoms with E-state index in [9.17, 15) is 14.0 Å². The van der Waals surface area contributed by atoms with E-state index in [2.05, 4.69) is 15.9 Å². The molecule has 1 saturated carbocycles. The SMILES string of the molecule is CC(CN(C(=O)COc1ccc(F)cc1Br)C1CC1)C(=O)O. The molecule has 0 radical (unpaired) electrons. The Kier molecular flexibility index (Phi) is 5.39. The van der Waals surface area contributed by atoms with Gasteiger partial charge in [-0.05, 0) is 47.0 Å². The molecule has 0 saturated heterocycles. The molecule has 1 amide bonds. The number of carbonyl (C=O) groups is 2. The largest absolute Gasteiger partial charge is 0.483 e. The number of hydrogen-bond donors (Lipinski definition) is 1. The van der Waals surface area contributed by atoms with E-state index in [1.807, 2.05) is 0 Å². The number of ether oxygens (including phenoxy) is 1. The second-order valence-corrected chi connectivity index (χ2v) is 6.23. The number of aliphatic carboxylic acids is 1. The predicted octanol–water partition coefficient (Wildman–Crippen LogP) is 2.68. The smallest absolute Gasteiger partial charge is 0.308 e. The number of rotatable bonds is 7. The molecule has 1 aromatic rings. The number of benzene rings is 1. The maximum atomic E-state index is 13.0. The first kappa shape index (κ1) is 16.7. The van der Waals surface area contributed by atoms with E-state index in [0.717, 1.165) is 12.8 Å². The third kappa shape index (κ3) is 4.43. The normalized spacial score (nSPS) is 15.2. The third-order valence-corrected chi connectivity index (χ3v) is 4.06. The highest BCUT2D eigenvalue weighted by molar-refractivity contribution is 9.10. The zero-order valence-corrected chi connectivity index (χ0v) is 13.7. The van der Waals surface area contributed by atoms with E-state index in [1.54, 1.807) is 11.8 Å². The molecule has 0 heterocycles. The Balaban J connectivity index is 1.95. The molecule has 7 heteroatoms. The molecular formula is C15H17BrFNO4. The fourth-order valence-electron chi connectivity index (χ4n) is 2.03. The topological polar surface area (TPSA) is 66.8 Å². The minimum absolute atomic E-state index is 0.106. The van der Waals surface area contributed by atoms with Crippen molar-refractivity contribution in [3.8, 4) is 5.75 Å². The number of hydrogen-bond acceptors (Lipinski definition) is 3. The van der Waals surface area contributed by atoms with E-state index in [1.165, 1.54) is 18.2 Å². The van der Waals surface area contributed by atoms with Crippen molar-refractivity contribution >= 4 is 27.8 Å². The van der Waals surface area contributed by atoms with Gasteiger partial charge in [-0.2, -0.15) is 0 Å². The molecule has 1 N–H and O–H groups in total. The Morgan fingerprint density at radius 2 is 2.18 bits per heavy atom. The molecule has 0 bridgehead atoms. The molecule has 2 rings (SSSR count). The monoisotopic (exact) mass is 373 g/mol. The van der Waals surface area contributed by atoms with Crippen LogP contribution in [0.15, 0.2) is 22.7 Å². The summed E-state index contributed by atoms with van der Waals surface area (Å²) in [5, 5.41) is 8.97. The first-order chi connectivity index (χ1) is 10.4. The number of amides is 1. The fraction of sp³-hybridized carbons (Fsp3) is 0.467. The lowest BCUT2D eigenvalue weighted by molar-refractivity contribution is -0.143. The Hall–Kier alpha value is -1.63. The van der Waals surface area contributed by atoms with Crippen molar-refractivity contribution in [2.24, 2.45) is 5.92 Å². The van der Waals surface area contributed by atoms with Crippen LogP contribution in [0.25, 0.3) is 0 Å². The van der Waals surface area contributed by atoms with Gasteiger partial charge in [-0.15, -0.1) is 0 Å². The summed E-state index contributed by atoms with van der Waals surface area (Å²) >= 11 is 3.17. The van der Waals surface area contributed by atoms with Gasteiger partial charge >= 0.3 is 5.97 Å². The molecule has 1 aliphatic rings. The lowest BCUT2D eigenvalue weighted by Gasteiger charge is -2.24. The van der Waals surface area contributed by atoms with Gasteiger partial charge in [-0.3, -0.25) is 9.59 Å². The molecule has 0 aromatic heterocycles. The van der Waals surface area contributed by atoms with Crippen molar-refractivity contribution in [3.05, 3.63) is 28.5 Å². The van der Waals surface area contributed by atoms with Gasteiger partial charge < -0.3 is 14.7 Å². The summed E-state index contributed by atoms with van der Waals surface area (Å²) in [6.45, 7) is 1.54. The molecule has 22 heavy (non-hydrogen) atoms. The zero-order chi connectivity index (χ0) is 16.3. The van der Waals surface area contributed by atoms with E-state index in [0.29, 0.717) is 10.2 Å². The molecule has 0 spiro atoms. The molecule has 1 atom stereocenters.